The van der Waals surface area contributed by atoms with Crippen LogP contribution in [0.4, 0.5) is 0 Å². The van der Waals surface area contributed by atoms with E-state index in [1.165, 1.54) is 0 Å². The third-order valence-electron chi connectivity index (χ3n) is 3.86. The zero-order valence-electron chi connectivity index (χ0n) is 12.1. The van der Waals surface area contributed by atoms with Gasteiger partial charge in [0.25, 0.3) is 0 Å². The number of hydrogen-bond acceptors (Lipinski definition) is 4. The monoisotopic (exact) mass is 298 g/mol. The van der Waals surface area contributed by atoms with Gasteiger partial charge >= 0.3 is 5.97 Å². The van der Waals surface area contributed by atoms with E-state index in [2.05, 4.69) is 0 Å². The molecule has 22 heavy (non-hydrogen) atoms. The van der Waals surface area contributed by atoms with Crippen LogP contribution in [0.5, 0.6) is 0 Å². The molecule has 114 valence electrons. The lowest BCUT2D eigenvalue weighted by Gasteiger charge is -2.16. The lowest BCUT2D eigenvalue weighted by atomic mass is 9.93. The molecule has 1 N–H and O–H groups in total. The summed E-state index contributed by atoms with van der Waals surface area (Å²) in [5.41, 5.74) is 1.87. The van der Waals surface area contributed by atoms with Crippen molar-refractivity contribution in [1.29, 1.82) is 0 Å². The van der Waals surface area contributed by atoms with Crippen LogP contribution in [0.1, 0.15) is 17.0 Å². The molecule has 4 heteroatoms. The van der Waals surface area contributed by atoms with Crippen molar-refractivity contribution in [1.82, 2.24) is 0 Å². The first-order valence-corrected chi connectivity index (χ1v) is 7.31. The first-order chi connectivity index (χ1) is 10.8. The number of aliphatic hydroxyl groups is 1. The topological polar surface area (TPSA) is 55.8 Å². The molecule has 0 spiro atoms. The van der Waals surface area contributed by atoms with Crippen LogP contribution in [0.25, 0.3) is 0 Å². The zero-order valence-corrected chi connectivity index (χ0v) is 12.1. The van der Waals surface area contributed by atoms with E-state index in [9.17, 15) is 9.90 Å². The molecule has 0 aliphatic carbocycles. The van der Waals surface area contributed by atoms with Gasteiger partial charge in [-0.1, -0.05) is 60.7 Å². The maximum Gasteiger partial charge on any atom is 0.338 e. The number of esters is 1. The van der Waals surface area contributed by atoms with Gasteiger partial charge in [0.15, 0.2) is 6.10 Å². The van der Waals surface area contributed by atoms with Gasteiger partial charge in [0, 0.05) is 5.92 Å². The van der Waals surface area contributed by atoms with E-state index in [1.54, 1.807) is 0 Å². The molecule has 1 aliphatic heterocycles. The molecule has 4 nitrogen and oxygen atoms in total. The van der Waals surface area contributed by atoms with Crippen LogP contribution in [0, 0.1) is 0 Å². The van der Waals surface area contributed by atoms with E-state index >= 15 is 0 Å². The highest BCUT2D eigenvalue weighted by molar-refractivity contribution is 5.76. The van der Waals surface area contributed by atoms with E-state index in [1.807, 2.05) is 60.7 Å². The number of benzene rings is 2. The van der Waals surface area contributed by atoms with Gasteiger partial charge in [-0.3, -0.25) is 0 Å². The maximum absolute atomic E-state index is 12.1. The van der Waals surface area contributed by atoms with Crippen molar-refractivity contribution in [2.24, 2.45) is 0 Å². The van der Waals surface area contributed by atoms with Crippen LogP contribution in [0.15, 0.2) is 60.7 Å². The lowest BCUT2D eigenvalue weighted by Crippen LogP contribution is -2.34. The fourth-order valence-electron chi connectivity index (χ4n) is 2.63. The minimum absolute atomic E-state index is 0.183. The first-order valence-electron chi connectivity index (χ1n) is 7.31. The highest BCUT2D eigenvalue weighted by Crippen LogP contribution is 2.30. The molecule has 0 unspecified atom stereocenters. The summed E-state index contributed by atoms with van der Waals surface area (Å²) in [5.74, 6) is -0.717. The molecule has 0 bridgehead atoms. The summed E-state index contributed by atoms with van der Waals surface area (Å²) < 4.78 is 10.7. The van der Waals surface area contributed by atoms with Crippen LogP contribution >= 0.6 is 0 Å². The zero-order chi connectivity index (χ0) is 15.4. The summed E-state index contributed by atoms with van der Waals surface area (Å²) in [6, 6.07) is 19.0. The number of hydrogen-bond donors (Lipinski definition) is 1. The molecule has 0 radical (unpaired) electrons. The molecule has 1 aliphatic rings. The smallest absolute Gasteiger partial charge is 0.338 e. The van der Waals surface area contributed by atoms with Crippen molar-refractivity contribution in [3.63, 3.8) is 0 Å². The fraction of sp³-hybridized carbons (Fsp3) is 0.278. The Bertz CT molecular complexity index is 611. The molecule has 3 rings (SSSR count). The molecule has 1 fully saturated rings. The van der Waals surface area contributed by atoms with E-state index in [0.717, 1.165) is 11.1 Å². The second kappa shape index (κ2) is 6.73. The second-order valence-electron chi connectivity index (χ2n) is 5.36. The Balaban J connectivity index is 1.60. The average Bonchev–Trinajstić information content (AvgIpc) is 2.96. The highest BCUT2D eigenvalue weighted by Gasteiger charge is 2.42. The van der Waals surface area contributed by atoms with Crippen molar-refractivity contribution in [2.75, 3.05) is 6.61 Å². The van der Waals surface area contributed by atoms with E-state index in [4.69, 9.17) is 9.47 Å². The molecule has 0 saturated carbocycles. The number of carbonyl (C=O) groups excluding carboxylic acids is 1. The molecular weight excluding hydrogens is 280 g/mol. The number of aliphatic hydroxyl groups excluding tert-OH is 1. The normalized spacial score (nSPS) is 24.1. The Kier molecular flexibility index (Phi) is 4.51. The largest absolute Gasteiger partial charge is 0.459 e. The number of ether oxygens (including phenoxy) is 2. The Morgan fingerprint density at radius 2 is 1.73 bits per heavy atom. The Morgan fingerprint density at radius 1 is 1.09 bits per heavy atom. The number of rotatable bonds is 4. The Hall–Kier alpha value is -2.17. The van der Waals surface area contributed by atoms with Crippen molar-refractivity contribution >= 4 is 5.97 Å². The van der Waals surface area contributed by atoms with Crippen LogP contribution in [0.2, 0.25) is 0 Å². The SMILES string of the molecule is O=C(OCc1ccccc1)[C@@H]1OC[C@@H](c2ccccc2)[C@H]1O. The molecule has 0 amide bonds. The van der Waals surface area contributed by atoms with Crippen molar-refractivity contribution in [3.05, 3.63) is 71.8 Å². The molecular formula is C18H18O4. The van der Waals surface area contributed by atoms with Crippen LogP contribution in [0.3, 0.4) is 0 Å². The van der Waals surface area contributed by atoms with Gasteiger partial charge in [0.1, 0.15) is 12.7 Å². The third-order valence-corrected chi connectivity index (χ3v) is 3.86. The summed E-state index contributed by atoms with van der Waals surface area (Å²) in [7, 11) is 0. The summed E-state index contributed by atoms with van der Waals surface area (Å²) in [4.78, 5) is 12.1. The Labute approximate surface area is 129 Å². The molecule has 3 atom stereocenters. The van der Waals surface area contributed by atoms with E-state index in [0.29, 0.717) is 6.61 Å². The highest BCUT2D eigenvalue weighted by atomic mass is 16.6. The van der Waals surface area contributed by atoms with Gasteiger partial charge in [0.2, 0.25) is 0 Å². The van der Waals surface area contributed by atoms with Crippen molar-refractivity contribution in [3.8, 4) is 0 Å². The predicted octanol–water partition coefficient (Wildman–Crippen LogP) is 2.27. The Morgan fingerprint density at radius 3 is 2.41 bits per heavy atom. The number of carbonyl (C=O) groups is 1. The minimum Gasteiger partial charge on any atom is -0.459 e. The van der Waals surface area contributed by atoms with E-state index in [-0.39, 0.29) is 12.5 Å². The van der Waals surface area contributed by atoms with E-state index < -0.39 is 18.2 Å². The molecule has 1 saturated heterocycles. The summed E-state index contributed by atoms with van der Waals surface area (Å²) in [6.07, 6.45) is -1.81. The van der Waals surface area contributed by atoms with Crippen LogP contribution < -0.4 is 0 Å². The van der Waals surface area contributed by atoms with Gasteiger partial charge in [-0.25, -0.2) is 4.79 Å². The van der Waals surface area contributed by atoms with Gasteiger partial charge in [-0.2, -0.15) is 0 Å². The standard InChI is InChI=1S/C18H18O4/c19-16-15(14-9-5-2-6-10-14)12-21-17(16)18(20)22-11-13-7-3-1-4-8-13/h1-10,15-17,19H,11-12H2/t15-,16+,17+/m0/s1. The van der Waals surface area contributed by atoms with Gasteiger partial charge < -0.3 is 14.6 Å². The van der Waals surface area contributed by atoms with Crippen molar-refractivity contribution in [2.45, 2.75) is 24.7 Å². The maximum atomic E-state index is 12.1. The summed E-state index contributed by atoms with van der Waals surface area (Å²) >= 11 is 0. The fourth-order valence-corrected chi connectivity index (χ4v) is 2.63. The van der Waals surface area contributed by atoms with Crippen LogP contribution in [-0.2, 0) is 20.9 Å². The molecule has 0 aromatic heterocycles. The lowest BCUT2D eigenvalue weighted by molar-refractivity contribution is -0.159. The molecule has 1 heterocycles. The summed E-state index contributed by atoms with van der Waals surface area (Å²) in [6.45, 7) is 0.499. The first kappa shape index (κ1) is 14.8. The second-order valence-corrected chi connectivity index (χ2v) is 5.36. The van der Waals surface area contributed by atoms with Gasteiger partial charge in [-0.15, -0.1) is 0 Å². The van der Waals surface area contributed by atoms with Gasteiger partial charge in [-0.05, 0) is 11.1 Å². The third kappa shape index (κ3) is 3.18. The average molecular weight is 298 g/mol. The minimum atomic E-state index is -0.922. The quantitative estimate of drug-likeness (QED) is 0.880. The predicted molar refractivity (Wildman–Crippen MR) is 81.2 cm³/mol. The summed E-state index contributed by atoms with van der Waals surface area (Å²) in [5, 5.41) is 10.3. The molecule has 2 aromatic rings. The van der Waals surface area contributed by atoms with Gasteiger partial charge in [0.05, 0.1) is 6.61 Å². The van der Waals surface area contributed by atoms with Crippen molar-refractivity contribution < 1.29 is 19.4 Å². The molecule has 2 aromatic carbocycles. The van der Waals surface area contributed by atoms with Crippen LogP contribution in [-0.4, -0.2) is 29.9 Å².